The third kappa shape index (κ3) is 4.34. The van der Waals surface area contributed by atoms with Crippen LogP contribution in [0.25, 0.3) is 0 Å². The van der Waals surface area contributed by atoms with Crippen molar-refractivity contribution >= 4 is 22.6 Å². The van der Waals surface area contributed by atoms with Crippen LogP contribution in [-0.2, 0) is 0 Å². The van der Waals surface area contributed by atoms with Gasteiger partial charge in [0, 0.05) is 4.43 Å². The van der Waals surface area contributed by atoms with E-state index in [-0.39, 0.29) is 0 Å². The van der Waals surface area contributed by atoms with Crippen molar-refractivity contribution in [2.24, 2.45) is 11.3 Å². The molecule has 0 saturated heterocycles. The highest BCUT2D eigenvalue weighted by Crippen LogP contribution is 2.34. The minimum atomic E-state index is 0.524. The van der Waals surface area contributed by atoms with Crippen molar-refractivity contribution < 1.29 is 0 Å². The largest absolute Gasteiger partial charge is 0.0815 e. The molecule has 0 aliphatic heterocycles. The van der Waals surface area contributed by atoms with Crippen LogP contribution in [-0.4, -0.2) is 0 Å². The summed E-state index contributed by atoms with van der Waals surface area (Å²) < 4.78 is 2.25. The monoisotopic (exact) mass is 267 g/mol. The minimum absolute atomic E-state index is 0.524. The Hall–Kier alpha value is 0.730. The van der Waals surface area contributed by atoms with Gasteiger partial charge < -0.3 is 0 Å². The maximum Gasteiger partial charge on any atom is 0.0230 e. The molecule has 1 heteroatoms. The van der Waals surface area contributed by atoms with E-state index in [4.69, 9.17) is 0 Å². The normalized spacial score (nSPS) is 15.0. The molecule has 0 N–H and O–H groups in total. The molecule has 0 heterocycles. The van der Waals surface area contributed by atoms with E-state index in [0.29, 0.717) is 5.41 Å². The van der Waals surface area contributed by atoms with Crippen LogP contribution < -0.4 is 0 Å². The van der Waals surface area contributed by atoms with Gasteiger partial charge >= 0.3 is 0 Å². The molecule has 0 amide bonds. The molecule has 0 aromatic rings. The Morgan fingerprint density at radius 2 is 2.00 bits per heavy atom. The summed E-state index contributed by atoms with van der Waals surface area (Å²) in [5.41, 5.74) is 0.524. The summed E-state index contributed by atoms with van der Waals surface area (Å²) in [5, 5.41) is 0. The Kier molecular flexibility index (Phi) is 5.75. The summed E-state index contributed by atoms with van der Waals surface area (Å²) in [6.07, 6.45) is 3.89. The van der Waals surface area contributed by atoms with Crippen LogP contribution in [0.5, 0.6) is 0 Å². The van der Waals surface area contributed by atoms with Crippen molar-refractivity contribution in [3.05, 3.63) is 4.43 Å². The van der Waals surface area contributed by atoms with Crippen LogP contribution >= 0.6 is 22.6 Å². The lowest BCUT2D eigenvalue weighted by Gasteiger charge is -2.31. The van der Waals surface area contributed by atoms with Crippen molar-refractivity contribution in [1.82, 2.24) is 0 Å². The molecule has 1 unspecified atom stereocenters. The van der Waals surface area contributed by atoms with Crippen molar-refractivity contribution in [2.45, 2.75) is 47.0 Å². The van der Waals surface area contributed by atoms with Crippen molar-refractivity contribution in [1.29, 1.82) is 0 Å². The number of hydrogen-bond acceptors (Lipinski definition) is 0. The number of rotatable bonds is 5. The molecule has 0 aliphatic rings. The smallest absolute Gasteiger partial charge is 0.0230 e. The summed E-state index contributed by atoms with van der Waals surface area (Å²) >= 11 is 2.35. The van der Waals surface area contributed by atoms with Gasteiger partial charge in [0.15, 0.2) is 0 Å². The van der Waals surface area contributed by atoms with E-state index >= 15 is 0 Å². The summed E-state index contributed by atoms with van der Waals surface area (Å²) in [4.78, 5) is 0. The molecule has 1 radical (unpaired) electrons. The second kappa shape index (κ2) is 5.39. The van der Waals surface area contributed by atoms with Gasteiger partial charge in [0.1, 0.15) is 0 Å². The summed E-state index contributed by atoms with van der Waals surface area (Å²) in [6, 6.07) is 0. The second-order valence-electron chi connectivity index (χ2n) is 4.03. The van der Waals surface area contributed by atoms with E-state index in [2.05, 4.69) is 54.7 Å². The maximum absolute atomic E-state index is 2.38. The molecule has 11 heavy (non-hydrogen) atoms. The van der Waals surface area contributed by atoms with E-state index in [9.17, 15) is 0 Å². The van der Waals surface area contributed by atoms with E-state index < -0.39 is 0 Å². The van der Waals surface area contributed by atoms with Gasteiger partial charge in [0.25, 0.3) is 0 Å². The van der Waals surface area contributed by atoms with E-state index in [1.165, 1.54) is 19.3 Å². The van der Waals surface area contributed by atoms with Gasteiger partial charge in [-0.05, 0) is 24.2 Å². The van der Waals surface area contributed by atoms with Crippen LogP contribution in [0, 0.1) is 15.8 Å². The highest BCUT2D eigenvalue weighted by molar-refractivity contribution is 14.1. The minimum Gasteiger partial charge on any atom is -0.0815 e. The molecule has 0 aliphatic carbocycles. The SMILES string of the molecule is CCCC(C)(C)C(C)C[CH]I. The van der Waals surface area contributed by atoms with Gasteiger partial charge in [-0.3, -0.25) is 0 Å². The Morgan fingerprint density at radius 1 is 1.45 bits per heavy atom. The molecule has 0 nitrogen and oxygen atoms in total. The molecule has 0 bridgehead atoms. The molecule has 0 aromatic heterocycles. The van der Waals surface area contributed by atoms with Gasteiger partial charge in [-0.25, -0.2) is 0 Å². The van der Waals surface area contributed by atoms with Gasteiger partial charge in [0.2, 0.25) is 0 Å². The molecule has 67 valence electrons. The van der Waals surface area contributed by atoms with Crippen molar-refractivity contribution in [2.75, 3.05) is 0 Å². The fraction of sp³-hybridized carbons (Fsp3) is 0.900. The Balaban J connectivity index is 3.83. The first-order chi connectivity index (χ1) is 5.04. The first kappa shape index (κ1) is 11.7. The summed E-state index contributed by atoms with van der Waals surface area (Å²) in [7, 11) is 0. The maximum atomic E-state index is 2.38. The first-order valence-electron chi connectivity index (χ1n) is 4.46. The molecule has 0 rings (SSSR count). The van der Waals surface area contributed by atoms with Crippen LogP contribution in [0.15, 0.2) is 0 Å². The van der Waals surface area contributed by atoms with Crippen molar-refractivity contribution in [3.63, 3.8) is 0 Å². The highest BCUT2D eigenvalue weighted by atomic mass is 127. The van der Waals surface area contributed by atoms with Gasteiger partial charge in [-0.2, -0.15) is 0 Å². The van der Waals surface area contributed by atoms with E-state index in [1.54, 1.807) is 0 Å². The number of halogens is 1. The lowest BCUT2D eigenvalue weighted by molar-refractivity contribution is 0.210. The Bertz CT molecular complexity index is 97.0. The zero-order valence-corrected chi connectivity index (χ0v) is 10.3. The quantitative estimate of drug-likeness (QED) is 0.646. The van der Waals surface area contributed by atoms with E-state index in [0.717, 1.165) is 5.92 Å². The zero-order chi connectivity index (χ0) is 8.91. The summed E-state index contributed by atoms with van der Waals surface area (Å²) in [5.74, 6) is 0.819. The molecule has 0 aromatic carbocycles. The van der Waals surface area contributed by atoms with Crippen LogP contribution in [0.1, 0.15) is 47.0 Å². The predicted molar refractivity (Wildman–Crippen MR) is 60.8 cm³/mol. The van der Waals surface area contributed by atoms with Gasteiger partial charge in [-0.1, -0.05) is 56.7 Å². The Labute approximate surface area is 85.3 Å². The van der Waals surface area contributed by atoms with Gasteiger partial charge in [0.05, 0.1) is 0 Å². The topological polar surface area (TPSA) is 0 Å². The molecular weight excluding hydrogens is 247 g/mol. The second-order valence-corrected chi connectivity index (χ2v) is 4.91. The molecule has 0 spiro atoms. The zero-order valence-electron chi connectivity index (χ0n) is 8.15. The van der Waals surface area contributed by atoms with Crippen molar-refractivity contribution in [3.8, 4) is 0 Å². The Morgan fingerprint density at radius 3 is 2.36 bits per heavy atom. The fourth-order valence-corrected chi connectivity index (χ4v) is 2.11. The third-order valence-corrected chi connectivity index (χ3v) is 3.18. The predicted octanol–water partition coefficient (Wildman–Crippen LogP) is 4.44. The lowest BCUT2D eigenvalue weighted by atomic mass is 9.75. The van der Waals surface area contributed by atoms with Crippen LogP contribution in [0.3, 0.4) is 0 Å². The van der Waals surface area contributed by atoms with Crippen LogP contribution in [0.2, 0.25) is 0 Å². The number of hydrogen-bond donors (Lipinski definition) is 0. The highest BCUT2D eigenvalue weighted by Gasteiger charge is 2.23. The summed E-state index contributed by atoms with van der Waals surface area (Å²) in [6.45, 7) is 9.37. The van der Waals surface area contributed by atoms with Crippen LogP contribution in [0.4, 0.5) is 0 Å². The lowest BCUT2D eigenvalue weighted by Crippen LogP contribution is -2.20. The third-order valence-electron chi connectivity index (χ3n) is 2.67. The molecule has 0 fully saturated rings. The average molecular weight is 267 g/mol. The van der Waals surface area contributed by atoms with E-state index in [1.807, 2.05) is 0 Å². The standard InChI is InChI=1S/C10H20I/c1-5-7-10(3,4)9(2)6-8-11/h8-9H,5-7H2,1-4H3. The fourth-order valence-electron chi connectivity index (χ4n) is 1.34. The first-order valence-corrected chi connectivity index (χ1v) is 5.71. The molecule has 1 atom stereocenters. The average Bonchev–Trinajstić information content (AvgIpc) is 1.88. The molecular formula is C10H20I. The van der Waals surface area contributed by atoms with Gasteiger partial charge in [-0.15, -0.1) is 0 Å². The molecule has 0 saturated carbocycles.